The maximum Gasteiger partial charge on any atom is 0.325 e. The lowest BCUT2D eigenvalue weighted by Crippen LogP contribution is -2.15. The van der Waals surface area contributed by atoms with E-state index >= 15 is 0 Å². The highest BCUT2D eigenvalue weighted by molar-refractivity contribution is 4.95. The molecule has 1 aromatic rings. The maximum absolute atomic E-state index is 11.2. The Morgan fingerprint density at radius 3 is 3.00 bits per heavy atom. The molecule has 1 saturated carbocycles. The fraction of sp³-hybridized carbons (Fsp3) is 0.700. The van der Waals surface area contributed by atoms with Crippen LogP contribution in [0.2, 0.25) is 0 Å². The molecule has 0 bridgehead atoms. The second-order valence-electron chi connectivity index (χ2n) is 4.37. The highest BCUT2D eigenvalue weighted by atomic mass is 16.1. The Labute approximate surface area is 77.8 Å². The zero-order valence-electron chi connectivity index (χ0n) is 8.16. The minimum Gasteiger partial charge on any atom is -0.313 e. The molecule has 2 rings (SSSR count). The maximum atomic E-state index is 11.2. The molecule has 0 spiro atoms. The summed E-state index contributed by atoms with van der Waals surface area (Å²) in [6.45, 7) is 4.46. The van der Waals surface area contributed by atoms with Gasteiger partial charge in [-0.25, -0.2) is 4.79 Å². The van der Waals surface area contributed by atoms with E-state index in [-0.39, 0.29) is 5.69 Å². The van der Waals surface area contributed by atoms with E-state index in [0.717, 1.165) is 11.8 Å². The second kappa shape index (κ2) is 3.05. The van der Waals surface area contributed by atoms with Crippen molar-refractivity contribution in [2.45, 2.75) is 32.7 Å². The SMILES string of the molecule is CC(C)CC1CC1n1cc[nH]c1=O. The molecule has 1 aliphatic rings. The van der Waals surface area contributed by atoms with Crippen LogP contribution in [0.25, 0.3) is 0 Å². The van der Waals surface area contributed by atoms with Crippen LogP contribution in [-0.2, 0) is 0 Å². The van der Waals surface area contributed by atoms with Gasteiger partial charge < -0.3 is 4.98 Å². The van der Waals surface area contributed by atoms with Gasteiger partial charge in [-0.3, -0.25) is 4.57 Å². The molecule has 1 aromatic heterocycles. The summed E-state index contributed by atoms with van der Waals surface area (Å²) in [5, 5.41) is 0. The van der Waals surface area contributed by atoms with Gasteiger partial charge in [0.15, 0.2) is 0 Å². The van der Waals surface area contributed by atoms with Crippen molar-refractivity contribution in [2.24, 2.45) is 11.8 Å². The fourth-order valence-electron chi connectivity index (χ4n) is 2.02. The van der Waals surface area contributed by atoms with Gasteiger partial charge in [-0.2, -0.15) is 0 Å². The highest BCUT2D eigenvalue weighted by Gasteiger charge is 2.39. The Balaban J connectivity index is 2.00. The molecule has 2 unspecified atom stereocenters. The number of imidazole rings is 1. The minimum absolute atomic E-state index is 0.0382. The number of H-pyrrole nitrogens is 1. The number of hydrogen-bond donors (Lipinski definition) is 1. The van der Waals surface area contributed by atoms with Crippen LogP contribution < -0.4 is 5.69 Å². The largest absolute Gasteiger partial charge is 0.325 e. The van der Waals surface area contributed by atoms with Gasteiger partial charge in [-0.05, 0) is 24.7 Å². The van der Waals surface area contributed by atoms with E-state index in [1.165, 1.54) is 12.8 Å². The molecule has 1 N–H and O–H groups in total. The molecule has 0 amide bonds. The van der Waals surface area contributed by atoms with E-state index in [0.29, 0.717) is 6.04 Å². The zero-order valence-corrected chi connectivity index (χ0v) is 8.16. The summed E-state index contributed by atoms with van der Waals surface area (Å²) in [7, 11) is 0. The first kappa shape index (κ1) is 8.60. The molecule has 1 heterocycles. The number of hydrogen-bond acceptors (Lipinski definition) is 1. The van der Waals surface area contributed by atoms with E-state index in [1.54, 1.807) is 6.20 Å². The molecule has 72 valence electrons. The zero-order chi connectivity index (χ0) is 9.42. The summed E-state index contributed by atoms with van der Waals surface area (Å²) in [5.74, 6) is 1.47. The van der Waals surface area contributed by atoms with Crippen LogP contribution in [0.5, 0.6) is 0 Å². The van der Waals surface area contributed by atoms with Gasteiger partial charge in [-0.15, -0.1) is 0 Å². The van der Waals surface area contributed by atoms with E-state index in [9.17, 15) is 4.79 Å². The van der Waals surface area contributed by atoms with Crippen molar-refractivity contribution in [1.82, 2.24) is 9.55 Å². The first-order valence-corrected chi connectivity index (χ1v) is 4.94. The average molecular weight is 180 g/mol. The number of nitrogens with zero attached hydrogens (tertiary/aromatic N) is 1. The van der Waals surface area contributed by atoms with Gasteiger partial charge in [0.05, 0.1) is 0 Å². The Hall–Kier alpha value is -0.990. The van der Waals surface area contributed by atoms with Crippen LogP contribution in [-0.4, -0.2) is 9.55 Å². The van der Waals surface area contributed by atoms with Gasteiger partial charge in [0.25, 0.3) is 0 Å². The van der Waals surface area contributed by atoms with Crippen LogP contribution in [0.3, 0.4) is 0 Å². The quantitative estimate of drug-likeness (QED) is 0.756. The van der Waals surface area contributed by atoms with E-state index < -0.39 is 0 Å². The topological polar surface area (TPSA) is 37.8 Å². The van der Waals surface area contributed by atoms with Crippen molar-refractivity contribution in [3.63, 3.8) is 0 Å². The van der Waals surface area contributed by atoms with Crippen molar-refractivity contribution in [2.75, 3.05) is 0 Å². The molecule has 0 saturated heterocycles. The summed E-state index contributed by atoms with van der Waals surface area (Å²) in [6.07, 6.45) is 5.98. The molecular formula is C10H16N2O. The fourth-order valence-corrected chi connectivity index (χ4v) is 2.02. The third-order valence-corrected chi connectivity index (χ3v) is 2.69. The van der Waals surface area contributed by atoms with Crippen LogP contribution in [0, 0.1) is 11.8 Å². The first-order valence-electron chi connectivity index (χ1n) is 4.94. The molecule has 0 radical (unpaired) electrons. The molecule has 1 fully saturated rings. The minimum atomic E-state index is 0.0382. The normalized spacial score (nSPS) is 26.7. The Morgan fingerprint density at radius 2 is 2.46 bits per heavy atom. The first-order chi connectivity index (χ1) is 6.18. The molecule has 0 aromatic carbocycles. The average Bonchev–Trinajstić information content (AvgIpc) is 2.63. The number of nitrogens with one attached hydrogen (secondary N) is 1. The van der Waals surface area contributed by atoms with Crippen molar-refractivity contribution < 1.29 is 0 Å². The highest BCUT2D eigenvalue weighted by Crippen LogP contribution is 2.46. The molecule has 13 heavy (non-hydrogen) atoms. The molecule has 3 nitrogen and oxygen atoms in total. The number of rotatable bonds is 3. The van der Waals surface area contributed by atoms with Gasteiger partial charge in [0.2, 0.25) is 0 Å². The Bertz CT molecular complexity index is 337. The summed E-state index contributed by atoms with van der Waals surface area (Å²) in [4.78, 5) is 13.9. The van der Waals surface area contributed by atoms with Gasteiger partial charge in [0.1, 0.15) is 0 Å². The third kappa shape index (κ3) is 1.69. The molecular weight excluding hydrogens is 164 g/mol. The predicted molar refractivity (Wildman–Crippen MR) is 51.7 cm³/mol. The van der Waals surface area contributed by atoms with Gasteiger partial charge in [-0.1, -0.05) is 13.8 Å². The Kier molecular flexibility index (Phi) is 2.02. The van der Waals surface area contributed by atoms with Gasteiger partial charge >= 0.3 is 5.69 Å². The lowest BCUT2D eigenvalue weighted by atomic mass is 10.1. The smallest absolute Gasteiger partial charge is 0.313 e. The second-order valence-corrected chi connectivity index (χ2v) is 4.37. The van der Waals surface area contributed by atoms with E-state index in [1.807, 2.05) is 10.8 Å². The van der Waals surface area contributed by atoms with Crippen molar-refractivity contribution in [1.29, 1.82) is 0 Å². The summed E-state index contributed by atoms with van der Waals surface area (Å²) in [5.41, 5.74) is 0.0382. The predicted octanol–water partition coefficient (Wildman–Crippen LogP) is 1.78. The summed E-state index contributed by atoms with van der Waals surface area (Å²) in [6, 6.07) is 0.473. The van der Waals surface area contributed by atoms with Crippen LogP contribution in [0.1, 0.15) is 32.7 Å². The van der Waals surface area contributed by atoms with Crippen molar-refractivity contribution in [3.05, 3.63) is 22.9 Å². The van der Waals surface area contributed by atoms with Crippen LogP contribution in [0.4, 0.5) is 0 Å². The lowest BCUT2D eigenvalue weighted by Gasteiger charge is -2.03. The standard InChI is InChI=1S/C10H16N2O/c1-7(2)5-8-6-9(8)12-4-3-11-10(12)13/h3-4,7-9H,5-6H2,1-2H3,(H,11,13). The summed E-state index contributed by atoms with van der Waals surface area (Å²) < 4.78 is 1.83. The van der Waals surface area contributed by atoms with Crippen LogP contribution >= 0.6 is 0 Å². The monoisotopic (exact) mass is 180 g/mol. The summed E-state index contributed by atoms with van der Waals surface area (Å²) >= 11 is 0. The van der Waals surface area contributed by atoms with Crippen LogP contribution in [0.15, 0.2) is 17.2 Å². The lowest BCUT2D eigenvalue weighted by molar-refractivity contribution is 0.502. The Morgan fingerprint density at radius 1 is 1.69 bits per heavy atom. The van der Waals surface area contributed by atoms with Crippen molar-refractivity contribution in [3.8, 4) is 0 Å². The molecule has 3 heteroatoms. The van der Waals surface area contributed by atoms with E-state index in [4.69, 9.17) is 0 Å². The molecule has 1 aliphatic carbocycles. The molecule has 0 aliphatic heterocycles. The third-order valence-electron chi connectivity index (χ3n) is 2.69. The van der Waals surface area contributed by atoms with Crippen molar-refractivity contribution >= 4 is 0 Å². The number of aromatic amines is 1. The molecule has 2 atom stereocenters. The van der Waals surface area contributed by atoms with Gasteiger partial charge in [0, 0.05) is 18.4 Å². The van der Waals surface area contributed by atoms with E-state index in [2.05, 4.69) is 18.8 Å². The number of aromatic nitrogens is 2.